The molecule has 0 amide bonds. The van der Waals surface area contributed by atoms with E-state index in [0.717, 1.165) is 24.6 Å². The molecule has 90 valence electrons. The Bertz CT molecular complexity index is 341. The van der Waals surface area contributed by atoms with Crippen LogP contribution in [-0.4, -0.2) is 20.8 Å². The Morgan fingerprint density at radius 1 is 1.31 bits per heavy atom. The van der Waals surface area contributed by atoms with Gasteiger partial charge in [-0.15, -0.1) is 10.2 Å². The van der Waals surface area contributed by atoms with Crippen LogP contribution in [-0.2, 0) is 13.0 Å². The summed E-state index contributed by atoms with van der Waals surface area (Å²) in [5.74, 6) is 2.27. The molecule has 1 N–H and O–H groups in total. The summed E-state index contributed by atoms with van der Waals surface area (Å²) in [6.07, 6.45) is 4.64. The van der Waals surface area contributed by atoms with Crippen LogP contribution in [0, 0.1) is 0 Å². The molecule has 4 nitrogen and oxygen atoms in total. The average molecular weight is 222 g/mol. The molecule has 1 aromatic rings. The third kappa shape index (κ3) is 2.12. The molecule has 1 unspecified atom stereocenters. The topological polar surface area (TPSA) is 42.7 Å². The van der Waals surface area contributed by atoms with Gasteiger partial charge in [-0.25, -0.2) is 0 Å². The van der Waals surface area contributed by atoms with Gasteiger partial charge in [0.25, 0.3) is 0 Å². The number of rotatable bonds is 5. The van der Waals surface area contributed by atoms with Crippen LogP contribution in [0.3, 0.4) is 0 Å². The first kappa shape index (κ1) is 11.6. The number of aryl methyl sites for hydroxylation is 1. The molecule has 16 heavy (non-hydrogen) atoms. The van der Waals surface area contributed by atoms with Crippen molar-refractivity contribution in [3.8, 4) is 0 Å². The van der Waals surface area contributed by atoms with Gasteiger partial charge < -0.3 is 9.88 Å². The maximum absolute atomic E-state index is 4.31. The summed E-state index contributed by atoms with van der Waals surface area (Å²) in [5, 5.41) is 12.2. The highest BCUT2D eigenvalue weighted by Gasteiger charge is 2.22. The quantitative estimate of drug-likeness (QED) is 0.829. The fraction of sp³-hybridized carbons (Fsp3) is 0.833. The molecule has 0 fully saturated rings. The van der Waals surface area contributed by atoms with Crippen molar-refractivity contribution in [3.63, 3.8) is 0 Å². The predicted molar refractivity (Wildman–Crippen MR) is 64.3 cm³/mol. The standard InChI is InChI=1S/C12H22N4/c1-4-10(5-2)13-9(3)12-15-14-11-7-6-8-16(11)12/h9-10,13H,4-8H2,1-3H3. The van der Waals surface area contributed by atoms with Crippen molar-refractivity contribution in [3.05, 3.63) is 11.6 Å². The van der Waals surface area contributed by atoms with Crippen LogP contribution in [0.15, 0.2) is 0 Å². The molecule has 1 aliphatic heterocycles. The lowest BCUT2D eigenvalue weighted by Gasteiger charge is -2.20. The van der Waals surface area contributed by atoms with E-state index in [9.17, 15) is 0 Å². The third-order valence-corrected chi connectivity index (χ3v) is 3.50. The molecule has 0 aromatic carbocycles. The Morgan fingerprint density at radius 2 is 2.06 bits per heavy atom. The Balaban J connectivity index is 2.06. The van der Waals surface area contributed by atoms with E-state index in [0.29, 0.717) is 12.1 Å². The van der Waals surface area contributed by atoms with E-state index < -0.39 is 0 Å². The third-order valence-electron chi connectivity index (χ3n) is 3.50. The highest BCUT2D eigenvalue weighted by Crippen LogP contribution is 2.19. The molecule has 0 saturated heterocycles. The average Bonchev–Trinajstić information content (AvgIpc) is 2.86. The van der Waals surface area contributed by atoms with E-state index in [4.69, 9.17) is 0 Å². The summed E-state index contributed by atoms with van der Waals surface area (Å²) >= 11 is 0. The lowest BCUT2D eigenvalue weighted by Crippen LogP contribution is -2.31. The molecule has 1 aromatic heterocycles. The lowest BCUT2D eigenvalue weighted by molar-refractivity contribution is 0.411. The molecule has 0 spiro atoms. The molecule has 1 atom stereocenters. The number of aromatic nitrogens is 3. The van der Waals surface area contributed by atoms with Gasteiger partial charge in [0, 0.05) is 19.0 Å². The van der Waals surface area contributed by atoms with Gasteiger partial charge in [-0.3, -0.25) is 0 Å². The van der Waals surface area contributed by atoms with Crippen molar-refractivity contribution in [2.75, 3.05) is 0 Å². The first-order valence-electron chi connectivity index (χ1n) is 6.44. The van der Waals surface area contributed by atoms with Gasteiger partial charge in [0.2, 0.25) is 0 Å². The highest BCUT2D eigenvalue weighted by atomic mass is 15.3. The Labute approximate surface area is 97.5 Å². The van der Waals surface area contributed by atoms with Crippen LogP contribution < -0.4 is 5.32 Å². The van der Waals surface area contributed by atoms with E-state index in [1.165, 1.54) is 19.3 Å². The number of nitrogens with one attached hydrogen (secondary N) is 1. The minimum Gasteiger partial charge on any atom is -0.314 e. The van der Waals surface area contributed by atoms with Crippen molar-refractivity contribution in [2.24, 2.45) is 0 Å². The number of fused-ring (bicyclic) bond motifs is 1. The summed E-state index contributed by atoms with van der Waals surface area (Å²) in [6, 6.07) is 0.897. The van der Waals surface area contributed by atoms with E-state index in [2.05, 4.69) is 40.9 Å². The van der Waals surface area contributed by atoms with Crippen molar-refractivity contribution < 1.29 is 0 Å². The molecule has 2 rings (SSSR count). The highest BCUT2D eigenvalue weighted by molar-refractivity contribution is 5.04. The SMILES string of the molecule is CCC(CC)NC(C)c1nnc2n1CCC2. The van der Waals surface area contributed by atoms with Crippen molar-refractivity contribution >= 4 is 0 Å². The Morgan fingerprint density at radius 3 is 2.75 bits per heavy atom. The minimum absolute atomic E-state index is 0.309. The zero-order valence-electron chi connectivity index (χ0n) is 10.5. The summed E-state index contributed by atoms with van der Waals surface area (Å²) < 4.78 is 2.28. The van der Waals surface area contributed by atoms with E-state index in [1.54, 1.807) is 0 Å². The van der Waals surface area contributed by atoms with Crippen LogP contribution in [0.1, 0.15) is 57.7 Å². The maximum Gasteiger partial charge on any atom is 0.149 e. The number of hydrogen-bond donors (Lipinski definition) is 1. The monoisotopic (exact) mass is 222 g/mol. The first-order valence-corrected chi connectivity index (χ1v) is 6.44. The predicted octanol–water partition coefficient (Wildman–Crippen LogP) is 2.06. The van der Waals surface area contributed by atoms with Crippen LogP contribution in [0.2, 0.25) is 0 Å². The van der Waals surface area contributed by atoms with Gasteiger partial charge >= 0.3 is 0 Å². The van der Waals surface area contributed by atoms with Gasteiger partial charge in [-0.2, -0.15) is 0 Å². The van der Waals surface area contributed by atoms with E-state index in [-0.39, 0.29) is 0 Å². The number of nitrogens with zero attached hydrogens (tertiary/aromatic N) is 3. The van der Waals surface area contributed by atoms with Crippen molar-refractivity contribution in [1.29, 1.82) is 0 Å². The second-order valence-electron chi connectivity index (χ2n) is 4.63. The summed E-state index contributed by atoms with van der Waals surface area (Å²) in [5.41, 5.74) is 0. The molecule has 0 aliphatic carbocycles. The summed E-state index contributed by atoms with van der Waals surface area (Å²) in [7, 11) is 0. The smallest absolute Gasteiger partial charge is 0.149 e. The van der Waals surface area contributed by atoms with Crippen LogP contribution in [0.5, 0.6) is 0 Å². The second kappa shape index (κ2) is 4.95. The van der Waals surface area contributed by atoms with Crippen LogP contribution in [0.25, 0.3) is 0 Å². The van der Waals surface area contributed by atoms with Crippen molar-refractivity contribution in [2.45, 2.75) is 65.1 Å². The number of hydrogen-bond acceptors (Lipinski definition) is 3. The Hall–Kier alpha value is -0.900. The van der Waals surface area contributed by atoms with Gasteiger partial charge in [-0.1, -0.05) is 13.8 Å². The van der Waals surface area contributed by atoms with E-state index >= 15 is 0 Å². The molecule has 0 bridgehead atoms. The molecule has 2 heterocycles. The minimum atomic E-state index is 0.309. The normalized spacial score (nSPS) is 16.8. The van der Waals surface area contributed by atoms with Crippen LogP contribution >= 0.6 is 0 Å². The molecular weight excluding hydrogens is 200 g/mol. The zero-order chi connectivity index (χ0) is 11.5. The second-order valence-corrected chi connectivity index (χ2v) is 4.63. The van der Waals surface area contributed by atoms with Crippen molar-refractivity contribution in [1.82, 2.24) is 20.1 Å². The molecule has 0 saturated carbocycles. The van der Waals surface area contributed by atoms with Gasteiger partial charge in [0.05, 0.1) is 6.04 Å². The van der Waals surface area contributed by atoms with E-state index in [1.807, 2.05) is 0 Å². The molecule has 0 radical (unpaired) electrons. The fourth-order valence-electron chi connectivity index (χ4n) is 2.45. The van der Waals surface area contributed by atoms with Gasteiger partial charge in [0.1, 0.15) is 11.6 Å². The molecule has 1 aliphatic rings. The zero-order valence-corrected chi connectivity index (χ0v) is 10.5. The summed E-state index contributed by atoms with van der Waals surface area (Å²) in [6.45, 7) is 7.73. The largest absolute Gasteiger partial charge is 0.314 e. The van der Waals surface area contributed by atoms with Gasteiger partial charge in [-0.05, 0) is 26.2 Å². The van der Waals surface area contributed by atoms with Crippen LogP contribution in [0.4, 0.5) is 0 Å². The van der Waals surface area contributed by atoms with Gasteiger partial charge in [0.15, 0.2) is 0 Å². The lowest BCUT2D eigenvalue weighted by atomic mass is 10.1. The molecule has 4 heteroatoms. The molecular formula is C12H22N4. The summed E-state index contributed by atoms with van der Waals surface area (Å²) in [4.78, 5) is 0. The fourth-order valence-corrected chi connectivity index (χ4v) is 2.45. The Kier molecular flexibility index (Phi) is 3.59. The first-order chi connectivity index (χ1) is 7.76. The maximum atomic E-state index is 4.31.